The van der Waals surface area contributed by atoms with Crippen LogP contribution in [0, 0.1) is 24.0 Å². The number of aromatic nitrogens is 4. The minimum atomic E-state index is -0.819. The van der Waals surface area contributed by atoms with Crippen molar-refractivity contribution >= 4 is 16.7 Å². The van der Waals surface area contributed by atoms with Gasteiger partial charge in [-0.15, -0.1) is 0 Å². The Hall–Kier alpha value is -3.10. The molecule has 0 aliphatic carbocycles. The van der Waals surface area contributed by atoms with Gasteiger partial charge in [0, 0.05) is 12.6 Å². The Morgan fingerprint density at radius 2 is 1.95 bits per heavy atom. The lowest BCUT2D eigenvalue weighted by atomic mass is 10.1. The number of nitro benzene ring substituents is 1. The Labute approximate surface area is 122 Å². The fourth-order valence-electron chi connectivity index (χ4n) is 2.50. The molecular weight excluding hydrogens is 290 g/mol. The molecule has 22 heavy (non-hydrogen) atoms. The zero-order valence-corrected chi connectivity index (χ0v) is 12.0. The summed E-state index contributed by atoms with van der Waals surface area (Å²) in [6.07, 6.45) is 0. The van der Waals surface area contributed by atoms with E-state index in [-0.39, 0.29) is 22.7 Å². The Morgan fingerprint density at radius 3 is 2.59 bits per heavy atom. The highest BCUT2D eigenvalue weighted by atomic mass is 16.6. The molecule has 0 unspecified atom stereocenters. The lowest BCUT2D eigenvalue weighted by molar-refractivity contribution is -0.383. The molecule has 0 radical (unpaired) electrons. The minimum Gasteiger partial charge on any atom is -0.320 e. The molecule has 9 nitrogen and oxygen atoms in total. The molecule has 2 aliphatic heterocycles. The molecule has 0 bridgehead atoms. The number of aromatic amines is 1. The zero-order valence-electron chi connectivity index (χ0n) is 12.0. The second kappa shape index (κ2) is 4.45. The van der Waals surface area contributed by atoms with Gasteiger partial charge in [-0.25, -0.2) is 9.78 Å². The summed E-state index contributed by atoms with van der Waals surface area (Å²) >= 11 is 0. The summed E-state index contributed by atoms with van der Waals surface area (Å²) in [5, 5.41) is 11.4. The molecule has 0 atom stereocenters. The van der Waals surface area contributed by atoms with Crippen molar-refractivity contribution in [2.45, 2.75) is 13.8 Å². The molecule has 3 rings (SSSR count). The van der Waals surface area contributed by atoms with Crippen LogP contribution in [0.3, 0.4) is 0 Å². The topological polar surface area (TPSA) is 124 Å². The van der Waals surface area contributed by atoms with E-state index in [1.807, 2.05) is 4.98 Å². The number of nitrogens with zero attached hydrogens (tertiary/aromatic N) is 4. The first kappa shape index (κ1) is 13.9. The molecule has 112 valence electrons. The van der Waals surface area contributed by atoms with Crippen LogP contribution < -0.4 is 11.2 Å². The van der Waals surface area contributed by atoms with Crippen LogP contribution in [0.15, 0.2) is 15.7 Å². The maximum absolute atomic E-state index is 11.9. The van der Waals surface area contributed by atoms with Crippen molar-refractivity contribution in [2.24, 2.45) is 7.05 Å². The van der Waals surface area contributed by atoms with Gasteiger partial charge in [-0.1, -0.05) is 0 Å². The fraction of sp³-hybridized carbons (Fsp3) is 0.231. The van der Waals surface area contributed by atoms with Crippen molar-refractivity contribution in [1.29, 1.82) is 0 Å². The average molecular weight is 301 g/mol. The van der Waals surface area contributed by atoms with Gasteiger partial charge in [-0.05, 0) is 25.5 Å². The Morgan fingerprint density at radius 1 is 1.27 bits per heavy atom. The number of hydrogen-bond acceptors (Lipinski definition) is 6. The molecule has 0 spiro atoms. The second-order valence-electron chi connectivity index (χ2n) is 5.01. The lowest BCUT2D eigenvalue weighted by Crippen LogP contribution is -2.28. The van der Waals surface area contributed by atoms with E-state index < -0.39 is 16.2 Å². The smallest absolute Gasteiger partial charge is 0.320 e. The minimum absolute atomic E-state index is 0.00704. The van der Waals surface area contributed by atoms with Gasteiger partial charge < -0.3 is 4.57 Å². The fourth-order valence-corrected chi connectivity index (χ4v) is 2.50. The first-order valence-corrected chi connectivity index (χ1v) is 6.36. The molecule has 0 saturated carbocycles. The highest BCUT2D eigenvalue weighted by Crippen LogP contribution is 2.32. The lowest BCUT2D eigenvalue weighted by Gasteiger charge is -2.14. The number of benzene rings is 1. The molecule has 0 saturated heterocycles. The van der Waals surface area contributed by atoms with E-state index in [0.717, 1.165) is 0 Å². The van der Waals surface area contributed by atoms with E-state index in [1.165, 1.54) is 11.6 Å². The third kappa shape index (κ3) is 1.79. The number of rotatable bonds is 1. The second-order valence-corrected chi connectivity index (χ2v) is 5.01. The monoisotopic (exact) mass is 301 g/mol. The van der Waals surface area contributed by atoms with Crippen LogP contribution >= 0.6 is 0 Å². The summed E-state index contributed by atoms with van der Waals surface area (Å²) in [5.74, 6) is 0.00704. The molecule has 0 aromatic heterocycles. The van der Waals surface area contributed by atoms with Crippen LogP contribution in [0.1, 0.15) is 11.1 Å². The highest BCUT2D eigenvalue weighted by Gasteiger charge is 2.25. The van der Waals surface area contributed by atoms with E-state index in [1.54, 1.807) is 19.9 Å². The van der Waals surface area contributed by atoms with E-state index in [0.29, 0.717) is 16.6 Å². The first-order chi connectivity index (χ1) is 10.3. The number of fused-ring (bicyclic) bond motifs is 2. The number of nitrogens with one attached hydrogen (secondary N) is 1. The van der Waals surface area contributed by atoms with E-state index in [2.05, 4.69) is 9.97 Å². The van der Waals surface area contributed by atoms with Crippen LogP contribution in [0.5, 0.6) is 0 Å². The van der Waals surface area contributed by atoms with Crippen LogP contribution in [-0.2, 0) is 7.05 Å². The van der Waals surface area contributed by atoms with Gasteiger partial charge in [0.15, 0.2) is 11.5 Å². The molecule has 1 N–H and O–H groups in total. The first-order valence-electron chi connectivity index (χ1n) is 6.36. The summed E-state index contributed by atoms with van der Waals surface area (Å²) in [6.45, 7) is 3.37. The van der Waals surface area contributed by atoms with Crippen LogP contribution in [0.4, 0.5) is 5.69 Å². The number of H-pyrrole nitrogens is 1. The van der Waals surface area contributed by atoms with Crippen molar-refractivity contribution in [1.82, 2.24) is 19.5 Å². The molecule has 0 fully saturated rings. The maximum Gasteiger partial charge on any atom is 0.349 e. The molecular formula is C13H11N5O4. The summed E-state index contributed by atoms with van der Waals surface area (Å²) < 4.78 is 1.36. The zero-order chi connectivity index (χ0) is 16.2. The van der Waals surface area contributed by atoms with E-state index >= 15 is 0 Å². The van der Waals surface area contributed by atoms with Crippen LogP contribution in [-0.4, -0.2) is 24.4 Å². The third-order valence-electron chi connectivity index (χ3n) is 3.69. The largest absolute Gasteiger partial charge is 0.349 e. The Kier molecular flexibility index (Phi) is 2.80. The van der Waals surface area contributed by atoms with Crippen LogP contribution in [0.25, 0.3) is 22.6 Å². The van der Waals surface area contributed by atoms with Gasteiger partial charge in [0.05, 0.1) is 10.4 Å². The van der Waals surface area contributed by atoms with Gasteiger partial charge in [-0.3, -0.25) is 19.9 Å². The summed E-state index contributed by atoms with van der Waals surface area (Å²) in [7, 11) is 1.51. The number of aryl methyl sites for hydroxylation is 2. The summed E-state index contributed by atoms with van der Waals surface area (Å²) in [5.41, 5.74) is 0.0777. The Balaban J connectivity index is 2.68. The number of hydrogen-bond donors (Lipinski definition) is 1. The predicted octanol–water partition coefficient (Wildman–Crippen LogP) is 0.647. The van der Waals surface area contributed by atoms with Gasteiger partial charge in [0.1, 0.15) is 5.52 Å². The van der Waals surface area contributed by atoms with Crippen molar-refractivity contribution in [2.75, 3.05) is 0 Å². The summed E-state index contributed by atoms with van der Waals surface area (Å²) in [4.78, 5) is 44.1. The molecule has 2 heterocycles. The van der Waals surface area contributed by atoms with E-state index in [4.69, 9.17) is 0 Å². The van der Waals surface area contributed by atoms with E-state index in [9.17, 15) is 19.7 Å². The van der Waals surface area contributed by atoms with Crippen molar-refractivity contribution in [3.63, 3.8) is 0 Å². The van der Waals surface area contributed by atoms with Crippen molar-refractivity contribution in [3.05, 3.63) is 48.1 Å². The molecule has 9 heteroatoms. The molecule has 0 amide bonds. The normalized spacial score (nSPS) is 11.2. The van der Waals surface area contributed by atoms with Crippen LogP contribution in [0.2, 0.25) is 0 Å². The van der Waals surface area contributed by atoms with Crippen molar-refractivity contribution in [3.8, 4) is 11.5 Å². The summed E-state index contributed by atoms with van der Waals surface area (Å²) in [6, 6.07) is 1.67. The highest BCUT2D eigenvalue weighted by molar-refractivity contribution is 5.89. The quantitative estimate of drug-likeness (QED) is 0.399. The Bertz CT molecular complexity index is 1030. The molecule has 1 aromatic rings. The van der Waals surface area contributed by atoms with Gasteiger partial charge in [0.25, 0.3) is 11.2 Å². The SMILES string of the molecule is Cc1cc2nc3c(=O)[nH]c(=O)nc-3n(C)c2c([N+](=O)[O-])c1C. The van der Waals surface area contributed by atoms with Gasteiger partial charge in [0.2, 0.25) is 0 Å². The molecule has 2 aliphatic rings. The molecule has 1 aromatic carbocycles. The van der Waals surface area contributed by atoms with Gasteiger partial charge >= 0.3 is 5.69 Å². The van der Waals surface area contributed by atoms with Crippen molar-refractivity contribution < 1.29 is 4.92 Å². The predicted molar refractivity (Wildman–Crippen MR) is 78.2 cm³/mol. The van der Waals surface area contributed by atoms with Gasteiger partial charge in [-0.2, -0.15) is 4.98 Å². The standard InChI is InChI=1S/C13H11N5O4/c1-5-4-7-10(9(6(5)2)18(21)22)17(3)11-8(14-7)12(19)16-13(20)15-11/h4H,1-3H3,(H,16,19,20). The number of nitro groups is 1. The maximum atomic E-state index is 11.9. The average Bonchev–Trinajstić information content (AvgIpc) is 2.42. The third-order valence-corrected chi connectivity index (χ3v) is 3.69.